The van der Waals surface area contributed by atoms with Crippen LogP contribution in [0.5, 0.6) is 11.5 Å². The van der Waals surface area contributed by atoms with E-state index in [0.29, 0.717) is 52.6 Å². The van der Waals surface area contributed by atoms with Gasteiger partial charge in [-0.2, -0.15) is 10.4 Å². The van der Waals surface area contributed by atoms with Crippen LogP contribution in [0.25, 0.3) is 16.5 Å². The highest BCUT2D eigenvalue weighted by Crippen LogP contribution is 2.57. The van der Waals surface area contributed by atoms with E-state index >= 15 is 0 Å². The fourth-order valence-corrected chi connectivity index (χ4v) is 6.02. The zero-order valence-electron chi connectivity index (χ0n) is 20.6. The Morgan fingerprint density at radius 3 is 2.70 bits per heavy atom. The predicted molar refractivity (Wildman–Crippen MR) is 133 cm³/mol. The highest BCUT2D eigenvalue weighted by atomic mass is 16.5. The summed E-state index contributed by atoms with van der Waals surface area (Å²) in [6, 6.07) is 9.40. The summed E-state index contributed by atoms with van der Waals surface area (Å²) in [6.07, 6.45) is 6.56. The Morgan fingerprint density at radius 2 is 2.00 bits per heavy atom. The van der Waals surface area contributed by atoms with Gasteiger partial charge >= 0.3 is 0 Å². The van der Waals surface area contributed by atoms with Crippen LogP contribution in [0, 0.1) is 37.0 Å². The first-order valence-electron chi connectivity index (χ1n) is 12.5. The number of ether oxygens (including phenoxy) is 1. The van der Waals surface area contributed by atoms with Crippen molar-refractivity contribution in [3.05, 3.63) is 59.1 Å². The van der Waals surface area contributed by atoms with Crippen molar-refractivity contribution in [2.45, 2.75) is 38.6 Å². The molecular weight excluding hydrogens is 470 g/mol. The van der Waals surface area contributed by atoms with Crippen LogP contribution >= 0.6 is 0 Å². The lowest BCUT2D eigenvalue weighted by molar-refractivity contribution is -0.0438. The van der Waals surface area contributed by atoms with Crippen LogP contribution in [0.2, 0.25) is 0 Å². The lowest BCUT2D eigenvalue weighted by atomic mass is 9.50. The molecule has 4 heterocycles. The summed E-state index contributed by atoms with van der Waals surface area (Å²) in [7, 11) is 0. The molecule has 1 aliphatic heterocycles. The molecule has 1 aromatic carbocycles. The zero-order valence-corrected chi connectivity index (χ0v) is 20.6. The van der Waals surface area contributed by atoms with E-state index < -0.39 is 0 Å². The molecule has 4 fully saturated rings. The molecule has 0 spiro atoms. The first kappa shape index (κ1) is 21.9. The minimum Gasteiger partial charge on any atom is -0.460 e. The SMILES string of the molecule is Cc1oc2cc(Oc3ccnn4cc(C(=O)N5CC(C#N)C5)c(C)c34)ccc2c1C(=O)NC12CC(C1)C2. The smallest absolute Gasteiger partial charge is 0.255 e. The van der Waals surface area contributed by atoms with Crippen LogP contribution in [0.1, 0.15) is 51.3 Å². The standard InChI is InChI=1S/C28H25N5O4/c1-15-21(27(35)32-12-18(11-29)13-32)14-33-25(15)22(5-6-30-33)37-19-3-4-20-23(7-19)36-16(2)24(20)26(34)31-28-8-17(9-28)10-28/h3-7,14,17-18H,8-10,12-13H2,1-2H3,(H,31,34). The van der Waals surface area contributed by atoms with Crippen molar-refractivity contribution in [2.24, 2.45) is 11.8 Å². The number of amides is 2. The number of aromatic nitrogens is 2. The maximum Gasteiger partial charge on any atom is 0.255 e. The van der Waals surface area contributed by atoms with Crippen LogP contribution in [0.15, 0.2) is 41.1 Å². The Balaban J connectivity index is 1.17. The molecule has 0 atom stereocenters. The summed E-state index contributed by atoms with van der Waals surface area (Å²) in [5.74, 6) is 2.17. The molecule has 2 amide bonds. The van der Waals surface area contributed by atoms with Crippen molar-refractivity contribution in [1.82, 2.24) is 19.8 Å². The van der Waals surface area contributed by atoms with Gasteiger partial charge in [-0.1, -0.05) is 0 Å². The average Bonchev–Trinajstić information content (AvgIpc) is 3.31. The van der Waals surface area contributed by atoms with Crippen LogP contribution < -0.4 is 10.1 Å². The minimum absolute atomic E-state index is 0.00403. The molecule has 0 unspecified atom stereocenters. The molecular formula is C28H25N5O4. The van der Waals surface area contributed by atoms with Gasteiger partial charge in [0, 0.05) is 42.3 Å². The number of hydrogen-bond donors (Lipinski definition) is 1. The Bertz CT molecular complexity index is 1650. The Labute approximate surface area is 212 Å². The van der Waals surface area contributed by atoms with E-state index in [1.807, 2.05) is 26.0 Å². The van der Waals surface area contributed by atoms with Gasteiger partial charge in [-0.05, 0) is 56.7 Å². The van der Waals surface area contributed by atoms with E-state index in [9.17, 15) is 9.59 Å². The summed E-state index contributed by atoms with van der Waals surface area (Å²) < 4.78 is 13.8. The molecule has 3 saturated carbocycles. The van der Waals surface area contributed by atoms with Gasteiger partial charge in [-0.3, -0.25) is 9.59 Å². The number of carbonyl (C=O) groups is 2. The number of aryl methyl sites for hydroxylation is 2. The summed E-state index contributed by atoms with van der Waals surface area (Å²) in [6.45, 7) is 4.57. The quantitative estimate of drug-likeness (QED) is 0.440. The van der Waals surface area contributed by atoms with Crippen molar-refractivity contribution in [3.63, 3.8) is 0 Å². The highest BCUT2D eigenvalue weighted by Gasteiger charge is 2.57. The fourth-order valence-electron chi connectivity index (χ4n) is 6.02. The molecule has 2 bridgehead atoms. The molecule has 9 heteroatoms. The number of fused-ring (bicyclic) bond motifs is 2. The highest BCUT2D eigenvalue weighted by molar-refractivity contribution is 6.08. The topological polar surface area (TPSA) is 113 Å². The fraction of sp³-hybridized carbons (Fsp3) is 0.357. The van der Waals surface area contributed by atoms with Crippen LogP contribution in [0.4, 0.5) is 0 Å². The van der Waals surface area contributed by atoms with Crippen molar-refractivity contribution >= 4 is 28.3 Å². The largest absolute Gasteiger partial charge is 0.460 e. The molecule has 4 aliphatic rings. The number of nitriles is 1. The number of benzene rings is 1. The number of nitrogens with one attached hydrogen (secondary N) is 1. The van der Waals surface area contributed by atoms with E-state index in [2.05, 4.69) is 16.5 Å². The van der Waals surface area contributed by atoms with E-state index in [1.165, 1.54) is 0 Å². The number of rotatable bonds is 5. The van der Waals surface area contributed by atoms with Crippen LogP contribution in [0.3, 0.4) is 0 Å². The lowest BCUT2D eigenvalue weighted by Crippen LogP contribution is -2.68. The molecule has 186 valence electrons. The summed E-state index contributed by atoms with van der Waals surface area (Å²) in [5, 5.41) is 17.4. The minimum atomic E-state index is -0.113. The van der Waals surface area contributed by atoms with Gasteiger partial charge in [0.1, 0.15) is 22.6 Å². The monoisotopic (exact) mass is 495 g/mol. The van der Waals surface area contributed by atoms with Crippen LogP contribution in [-0.4, -0.2) is 45.0 Å². The summed E-state index contributed by atoms with van der Waals surface area (Å²) in [5.41, 5.74) is 3.14. The maximum absolute atomic E-state index is 13.0. The second-order valence-corrected chi connectivity index (χ2v) is 10.7. The number of hydrogen-bond acceptors (Lipinski definition) is 6. The van der Waals surface area contributed by atoms with Gasteiger partial charge in [0.2, 0.25) is 0 Å². The van der Waals surface area contributed by atoms with Gasteiger partial charge < -0.3 is 19.4 Å². The van der Waals surface area contributed by atoms with E-state index in [4.69, 9.17) is 14.4 Å². The second kappa shape index (κ2) is 7.59. The van der Waals surface area contributed by atoms with Crippen LogP contribution in [-0.2, 0) is 0 Å². The predicted octanol–water partition coefficient (Wildman–Crippen LogP) is 4.37. The van der Waals surface area contributed by atoms with Crippen molar-refractivity contribution in [2.75, 3.05) is 13.1 Å². The molecule has 8 rings (SSSR count). The third-order valence-corrected chi connectivity index (χ3v) is 8.18. The second-order valence-electron chi connectivity index (χ2n) is 10.7. The molecule has 0 radical (unpaired) electrons. The Hall–Kier alpha value is -4.32. The molecule has 9 nitrogen and oxygen atoms in total. The molecule has 3 aromatic heterocycles. The van der Waals surface area contributed by atoms with E-state index in [1.54, 1.807) is 33.9 Å². The summed E-state index contributed by atoms with van der Waals surface area (Å²) in [4.78, 5) is 27.7. The van der Waals surface area contributed by atoms with Crippen molar-refractivity contribution < 1.29 is 18.7 Å². The van der Waals surface area contributed by atoms with Crippen molar-refractivity contribution in [1.29, 1.82) is 5.26 Å². The molecule has 37 heavy (non-hydrogen) atoms. The zero-order chi connectivity index (χ0) is 25.5. The van der Waals surface area contributed by atoms with Gasteiger partial charge in [-0.25, -0.2) is 4.52 Å². The first-order valence-corrected chi connectivity index (χ1v) is 12.5. The van der Waals surface area contributed by atoms with Gasteiger partial charge in [0.25, 0.3) is 11.8 Å². The normalized spacial score (nSPS) is 22.2. The Kier molecular flexibility index (Phi) is 4.50. The number of likely N-dealkylation sites (tertiary alicyclic amines) is 1. The van der Waals surface area contributed by atoms with Gasteiger partial charge in [0.15, 0.2) is 5.75 Å². The molecule has 1 saturated heterocycles. The van der Waals surface area contributed by atoms with Gasteiger partial charge in [0.05, 0.1) is 29.3 Å². The number of nitrogens with zero attached hydrogens (tertiary/aromatic N) is 4. The lowest BCUT2D eigenvalue weighted by Gasteiger charge is -2.61. The maximum atomic E-state index is 13.0. The molecule has 4 aromatic rings. The first-order chi connectivity index (χ1) is 17.8. The Morgan fingerprint density at radius 1 is 1.22 bits per heavy atom. The third-order valence-electron chi connectivity index (χ3n) is 8.18. The molecule has 3 aliphatic carbocycles. The van der Waals surface area contributed by atoms with E-state index in [-0.39, 0.29) is 23.3 Å². The number of carbonyl (C=O) groups excluding carboxylic acids is 2. The van der Waals surface area contributed by atoms with Gasteiger partial charge in [-0.15, -0.1) is 0 Å². The molecule has 1 N–H and O–H groups in total. The average molecular weight is 496 g/mol. The summed E-state index contributed by atoms with van der Waals surface area (Å²) >= 11 is 0. The number of furan rings is 1. The third kappa shape index (κ3) is 3.25. The van der Waals surface area contributed by atoms with E-state index in [0.717, 1.165) is 36.1 Å². The van der Waals surface area contributed by atoms with Crippen molar-refractivity contribution in [3.8, 4) is 17.6 Å².